The molecule has 2 atom stereocenters. The molecule has 0 aromatic heterocycles. The Morgan fingerprint density at radius 1 is 1.53 bits per heavy atom. The Kier molecular flexibility index (Phi) is 4.86. The molecule has 1 aromatic carbocycles. The van der Waals surface area contributed by atoms with Crippen LogP contribution in [0.2, 0.25) is 0 Å². The van der Waals surface area contributed by atoms with Gasteiger partial charge < -0.3 is 14.9 Å². The van der Waals surface area contributed by atoms with Gasteiger partial charge in [-0.15, -0.1) is 11.6 Å². The van der Waals surface area contributed by atoms with Crippen molar-refractivity contribution in [2.45, 2.75) is 12.2 Å². The molecule has 1 aromatic rings. The van der Waals surface area contributed by atoms with Crippen molar-refractivity contribution in [2.24, 2.45) is 0 Å². The molecule has 1 rings (SSSR count). The fourth-order valence-electron chi connectivity index (χ4n) is 1.31. The van der Waals surface area contributed by atoms with Crippen LogP contribution in [0.3, 0.4) is 0 Å². The first-order chi connectivity index (χ1) is 8.01. The molecule has 0 heterocycles. The van der Waals surface area contributed by atoms with Gasteiger partial charge in [0, 0.05) is 5.56 Å². The summed E-state index contributed by atoms with van der Waals surface area (Å²) in [6.45, 7) is 0. The molecule has 2 N–H and O–H groups in total. The van der Waals surface area contributed by atoms with Crippen LogP contribution < -0.4 is 0 Å². The molecule has 6 heteroatoms. The van der Waals surface area contributed by atoms with Crippen LogP contribution in [-0.2, 0) is 4.74 Å². The maximum Gasteiger partial charge on any atom is 0.337 e. The third-order valence-corrected chi connectivity index (χ3v) is 2.57. The van der Waals surface area contributed by atoms with E-state index in [-0.39, 0.29) is 17.0 Å². The zero-order valence-electron chi connectivity index (χ0n) is 9.06. The van der Waals surface area contributed by atoms with E-state index in [4.69, 9.17) is 11.6 Å². The Labute approximate surface area is 103 Å². The molecule has 0 bridgehead atoms. The van der Waals surface area contributed by atoms with Gasteiger partial charge in [-0.2, -0.15) is 0 Å². The van der Waals surface area contributed by atoms with Gasteiger partial charge in [-0.1, -0.05) is 0 Å². The minimum atomic E-state index is -1.49. The van der Waals surface area contributed by atoms with E-state index in [1.54, 1.807) is 0 Å². The largest absolute Gasteiger partial charge is 0.465 e. The van der Waals surface area contributed by atoms with Crippen LogP contribution in [0.25, 0.3) is 0 Å². The van der Waals surface area contributed by atoms with E-state index in [9.17, 15) is 19.4 Å². The summed E-state index contributed by atoms with van der Waals surface area (Å²) in [7, 11) is 1.19. The van der Waals surface area contributed by atoms with Gasteiger partial charge in [0.15, 0.2) is 0 Å². The maximum atomic E-state index is 13.4. The van der Waals surface area contributed by atoms with E-state index in [0.717, 1.165) is 12.1 Å². The first-order valence-corrected chi connectivity index (χ1v) is 5.34. The van der Waals surface area contributed by atoms with Crippen LogP contribution in [0.5, 0.6) is 0 Å². The highest BCUT2D eigenvalue weighted by Crippen LogP contribution is 2.22. The average molecular weight is 263 g/mol. The van der Waals surface area contributed by atoms with Crippen molar-refractivity contribution in [3.05, 3.63) is 35.1 Å². The molecule has 0 aliphatic carbocycles. The number of halogens is 2. The van der Waals surface area contributed by atoms with Gasteiger partial charge in [0.1, 0.15) is 11.9 Å². The van der Waals surface area contributed by atoms with Crippen molar-refractivity contribution in [1.29, 1.82) is 0 Å². The van der Waals surface area contributed by atoms with Crippen molar-refractivity contribution in [2.75, 3.05) is 13.0 Å². The number of benzene rings is 1. The molecule has 0 aliphatic heterocycles. The van der Waals surface area contributed by atoms with E-state index in [0.29, 0.717) is 0 Å². The SMILES string of the molecule is COC(=O)c1ccc(F)c(C(O)C(O)CCl)c1. The van der Waals surface area contributed by atoms with E-state index >= 15 is 0 Å². The monoisotopic (exact) mass is 262 g/mol. The number of hydrogen-bond acceptors (Lipinski definition) is 4. The van der Waals surface area contributed by atoms with Crippen LogP contribution in [-0.4, -0.2) is 35.3 Å². The molecular formula is C11H12ClFO4. The number of rotatable bonds is 4. The first kappa shape index (κ1) is 13.9. The highest BCUT2D eigenvalue weighted by Gasteiger charge is 2.22. The molecule has 17 heavy (non-hydrogen) atoms. The van der Waals surface area contributed by atoms with Crippen molar-refractivity contribution in [3.8, 4) is 0 Å². The number of ether oxygens (including phenoxy) is 1. The molecule has 0 saturated carbocycles. The highest BCUT2D eigenvalue weighted by atomic mass is 35.5. The average Bonchev–Trinajstić information content (AvgIpc) is 2.36. The third-order valence-electron chi connectivity index (χ3n) is 2.26. The topological polar surface area (TPSA) is 66.8 Å². The Hall–Kier alpha value is -1.17. The number of aliphatic hydroxyl groups is 2. The standard InChI is InChI=1S/C11H12ClFO4/c1-17-11(16)6-2-3-8(13)7(4-6)10(15)9(14)5-12/h2-4,9-10,14-15H,5H2,1H3. The van der Waals surface area contributed by atoms with Crippen LogP contribution in [0, 0.1) is 5.82 Å². The predicted octanol–water partition coefficient (Wildman–Crippen LogP) is 1.25. The lowest BCUT2D eigenvalue weighted by Gasteiger charge is -2.16. The van der Waals surface area contributed by atoms with Crippen molar-refractivity contribution >= 4 is 17.6 Å². The molecule has 0 saturated heterocycles. The second-order valence-electron chi connectivity index (χ2n) is 3.39. The predicted molar refractivity (Wildman–Crippen MR) is 59.4 cm³/mol. The minimum Gasteiger partial charge on any atom is -0.465 e. The lowest BCUT2D eigenvalue weighted by atomic mass is 10.0. The van der Waals surface area contributed by atoms with Gasteiger partial charge in [0.05, 0.1) is 24.7 Å². The van der Waals surface area contributed by atoms with Crippen molar-refractivity contribution in [3.63, 3.8) is 0 Å². The summed E-state index contributed by atoms with van der Waals surface area (Å²) in [5, 5.41) is 18.9. The molecular weight excluding hydrogens is 251 g/mol. The summed E-state index contributed by atoms with van der Waals surface area (Å²) < 4.78 is 17.9. The lowest BCUT2D eigenvalue weighted by Crippen LogP contribution is -2.21. The Morgan fingerprint density at radius 2 is 2.18 bits per heavy atom. The van der Waals surface area contributed by atoms with E-state index in [1.807, 2.05) is 0 Å². The van der Waals surface area contributed by atoms with E-state index < -0.39 is 24.0 Å². The second-order valence-corrected chi connectivity index (χ2v) is 3.70. The Morgan fingerprint density at radius 3 is 2.71 bits per heavy atom. The Balaban J connectivity index is 3.10. The zero-order valence-corrected chi connectivity index (χ0v) is 9.82. The molecule has 94 valence electrons. The number of methoxy groups -OCH3 is 1. The van der Waals surface area contributed by atoms with E-state index in [1.165, 1.54) is 13.2 Å². The van der Waals surface area contributed by atoms with Gasteiger partial charge in [0.25, 0.3) is 0 Å². The molecule has 0 radical (unpaired) electrons. The van der Waals surface area contributed by atoms with Crippen LogP contribution in [0.1, 0.15) is 22.0 Å². The molecule has 4 nitrogen and oxygen atoms in total. The molecule has 0 fully saturated rings. The van der Waals surface area contributed by atoms with Crippen LogP contribution in [0.15, 0.2) is 18.2 Å². The number of alkyl halides is 1. The van der Waals surface area contributed by atoms with Gasteiger partial charge in [-0.25, -0.2) is 9.18 Å². The fraction of sp³-hybridized carbons (Fsp3) is 0.364. The summed E-state index contributed by atoms with van der Waals surface area (Å²) in [5.41, 5.74) is -0.106. The normalized spacial score (nSPS) is 14.2. The fourth-order valence-corrected chi connectivity index (χ4v) is 1.48. The van der Waals surface area contributed by atoms with Crippen molar-refractivity contribution in [1.82, 2.24) is 0 Å². The lowest BCUT2D eigenvalue weighted by molar-refractivity contribution is 0.0303. The van der Waals surface area contributed by atoms with Gasteiger partial charge in [-0.05, 0) is 18.2 Å². The molecule has 0 spiro atoms. The quantitative estimate of drug-likeness (QED) is 0.633. The number of carbonyl (C=O) groups is 1. The summed E-state index contributed by atoms with van der Waals surface area (Å²) >= 11 is 5.35. The Bertz CT molecular complexity index is 410. The molecule has 0 amide bonds. The van der Waals surface area contributed by atoms with Crippen LogP contribution >= 0.6 is 11.6 Å². The summed E-state index contributed by atoms with van der Waals surface area (Å²) in [4.78, 5) is 11.2. The smallest absolute Gasteiger partial charge is 0.337 e. The molecule has 2 unspecified atom stereocenters. The van der Waals surface area contributed by atoms with E-state index in [2.05, 4.69) is 4.74 Å². The van der Waals surface area contributed by atoms with Gasteiger partial charge >= 0.3 is 5.97 Å². The number of esters is 1. The van der Waals surface area contributed by atoms with Crippen molar-refractivity contribution < 1.29 is 24.1 Å². The second kappa shape index (κ2) is 5.95. The summed E-state index contributed by atoms with van der Waals surface area (Å²) in [6, 6.07) is 3.37. The molecule has 0 aliphatic rings. The maximum absolute atomic E-state index is 13.4. The van der Waals surface area contributed by atoms with Crippen LogP contribution in [0.4, 0.5) is 4.39 Å². The zero-order chi connectivity index (χ0) is 13.0. The highest BCUT2D eigenvalue weighted by molar-refractivity contribution is 6.18. The number of hydrogen-bond donors (Lipinski definition) is 2. The number of carbonyl (C=O) groups excluding carboxylic acids is 1. The van der Waals surface area contributed by atoms with Gasteiger partial charge in [-0.3, -0.25) is 0 Å². The summed E-state index contributed by atoms with van der Waals surface area (Å²) in [5.74, 6) is -1.63. The number of aliphatic hydroxyl groups excluding tert-OH is 2. The van der Waals surface area contributed by atoms with Gasteiger partial charge in [0.2, 0.25) is 0 Å². The first-order valence-electron chi connectivity index (χ1n) is 4.81. The summed E-state index contributed by atoms with van der Waals surface area (Å²) in [6.07, 6.45) is -2.80. The minimum absolute atomic E-state index is 0.0877. The third kappa shape index (κ3) is 3.15.